The van der Waals surface area contributed by atoms with E-state index in [9.17, 15) is 9.59 Å². The summed E-state index contributed by atoms with van der Waals surface area (Å²) in [5.74, 6) is -0.921. The molecule has 1 aliphatic rings. The predicted molar refractivity (Wildman–Crippen MR) is 51.8 cm³/mol. The molecule has 0 aromatic rings. The second-order valence-corrected chi connectivity index (χ2v) is 4.24. The van der Waals surface area contributed by atoms with Gasteiger partial charge in [0.25, 0.3) is 0 Å². The molecule has 1 rings (SSSR count). The number of hydrogen-bond acceptors (Lipinski definition) is 2. The van der Waals surface area contributed by atoms with Crippen LogP contribution in [0.4, 0.5) is 0 Å². The molecule has 14 heavy (non-hydrogen) atoms. The van der Waals surface area contributed by atoms with Gasteiger partial charge in [0.15, 0.2) is 0 Å². The molecule has 80 valence electrons. The first kappa shape index (κ1) is 11.0. The van der Waals surface area contributed by atoms with Crippen molar-refractivity contribution >= 4 is 11.9 Å². The van der Waals surface area contributed by atoms with Crippen molar-refractivity contribution in [3.8, 4) is 0 Å². The Kier molecular flexibility index (Phi) is 3.13. The van der Waals surface area contributed by atoms with E-state index in [4.69, 9.17) is 5.11 Å². The number of amides is 1. The van der Waals surface area contributed by atoms with Gasteiger partial charge in [-0.1, -0.05) is 13.8 Å². The van der Waals surface area contributed by atoms with E-state index in [0.717, 1.165) is 6.42 Å². The maximum Gasteiger partial charge on any atom is 0.304 e. The van der Waals surface area contributed by atoms with Crippen LogP contribution in [0, 0.1) is 11.3 Å². The van der Waals surface area contributed by atoms with Crippen LogP contribution in [0.3, 0.4) is 0 Å². The van der Waals surface area contributed by atoms with Crippen LogP contribution in [0.1, 0.15) is 33.1 Å². The largest absolute Gasteiger partial charge is 0.481 e. The quantitative estimate of drug-likeness (QED) is 0.713. The van der Waals surface area contributed by atoms with Gasteiger partial charge in [-0.3, -0.25) is 9.59 Å². The lowest BCUT2D eigenvalue weighted by molar-refractivity contribution is -0.149. The number of carboxylic acid groups (broad SMARTS) is 1. The third kappa shape index (κ3) is 1.89. The standard InChI is InChI=1S/C10H17NO3/c1-7(2)10(6-8(12)13)4-3-5-11-9(10)14/h7H,3-6H2,1-2H3,(H,11,14)(H,12,13). The van der Waals surface area contributed by atoms with E-state index < -0.39 is 11.4 Å². The molecule has 1 atom stereocenters. The third-order valence-electron chi connectivity index (χ3n) is 3.11. The van der Waals surface area contributed by atoms with Crippen molar-refractivity contribution in [2.24, 2.45) is 11.3 Å². The summed E-state index contributed by atoms with van der Waals surface area (Å²) in [6, 6.07) is 0. The van der Waals surface area contributed by atoms with Gasteiger partial charge in [0.05, 0.1) is 11.8 Å². The fraction of sp³-hybridized carbons (Fsp3) is 0.800. The first-order chi connectivity index (χ1) is 6.49. The van der Waals surface area contributed by atoms with Crippen LogP contribution < -0.4 is 5.32 Å². The Labute approximate surface area is 83.7 Å². The van der Waals surface area contributed by atoms with E-state index in [1.54, 1.807) is 0 Å². The molecule has 0 aliphatic carbocycles. The zero-order valence-electron chi connectivity index (χ0n) is 8.67. The molecule has 1 saturated heterocycles. The number of hydrogen-bond donors (Lipinski definition) is 2. The van der Waals surface area contributed by atoms with Crippen molar-refractivity contribution < 1.29 is 14.7 Å². The lowest BCUT2D eigenvalue weighted by Gasteiger charge is -2.38. The highest BCUT2D eigenvalue weighted by Gasteiger charge is 2.44. The summed E-state index contributed by atoms with van der Waals surface area (Å²) in [6.45, 7) is 4.49. The molecule has 4 heteroatoms. The average molecular weight is 199 g/mol. The van der Waals surface area contributed by atoms with Crippen LogP contribution in [-0.4, -0.2) is 23.5 Å². The molecule has 0 spiro atoms. The van der Waals surface area contributed by atoms with Crippen molar-refractivity contribution in [3.05, 3.63) is 0 Å². The fourth-order valence-corrected chi connectivity index (χ4v) is 2.09. The van der Waals surface area contributed by atoms with E-state index in [1.807, 2.05) is 13.8 Å². The normalized spacial score (nSPS) is 27.5. The van der Waals surface area contributed by atoms with Gasteiger partial charge in [0.1, 0.15) is 0 Å². The molecule has 4 nitrogen and oxygen atoms in total. The number of piperidine rings is 1. The fourth-order valence-electron chi connectivity index (χ4n) is 2.09. The van der Waals surface area contributed by atoms with Gasteiger partial charge < -0.3 is 10.4 Å². The maximum atomic E-state index is 11.7. The lowest BCUT2D eigenvalue weighted by Crippen LogP contribution is -2.50. The SMILES string of the molecule is CC(C)C1(CC(=O)O)CCCNC1=O. The lowest BCUT2D eigenvalue weighted by atomic mass is 9.69. The van der Waals surface area contributed by atoms with Crippen molar-refractivity contribution in [2.45, 2.75) is 33.1 Å². The van der Waals surface area contributed by atoms with Crippen LogP contribution in [0.5, 0.6) is 0 Å². The smallest absolute Gasteiger partial charge is 0.304 e. The van der Waals surface area contributed by atoms with Crippen LogP contribution in [-0.2, 0) is 9.59 Å². The van der Waals surface area contributed by atoms with Crippen LogP contribution in [0.25, 0.3) is 0 Å². The third-order valence-corrected chi connectivity index (χ3v) is 3.11. The Morgan fingerprint density at radius 3 is 2.71 bits per heavy atom. The van der Waals surface area contributed by atoms with E-state index in [2.05, 4.69) is 5.32 Å². The Balaban J connectivity index is 2.89. The second kappa shape index (κ2) is 3.98. The molecule has 0 aromatic carbocycles. The highest BCUT2D eigenvalue weighted by atomic mass is 16.4. The first-order valence-corrected chi connectivity index (χ1v) is 4.99. The van der Waals surface area contributed by atoms with E-state index in [1.165, 1.54) is 0 Å². The number of carbonyl (C=O) groups excluding carboxylic acids is 1. The Morgan fingerprint density at radius 2 is 2.29 bits per heavy atom. The van der Waals surface area contributed by atoms with Crippen molar-refractivity contribution in [3.63, 3.8) is 0 Å². The molecule has 1 fully saturated rings. The highest BCUT2D eigenvalue weighted by Crippen LogP contribution is 2.38. The Bertz CT molecular complexity index is 250. The van der Waals surface area contributed by atoms with Crippen molar-refractivity contribution in [1.82, 2.24) is 5.32 Å². The van der Waals surface area contributed by atoms with E-state index >= 15 is 0 Å². The predicted octanol–water partition coefficient (Wildman–Crippen LogP) is 1.01. The topological polar surface area (TPSA) is 66.4 Å². The number of aliphatic carboxylic acids is 1. The first-order valence-electron chi connectivity index (χ1n) is 4.99. The highest BCUT2D eigenvalue weighted by molar-refractivity contribution is 5.87. The minimum absolute atomic E-state index is 0.0590. The summed E-state index contributed by atoms with van der Waals surface area (Å²) in [6.07, 6.45) is 1.50. The van der Waals surface area contributed by atoms with Gasteiger partial charge in [-0.2, -0.15) is 0 Å². The van der Waals surface area contributed by atoms with Gasteiger partial charge >= 0.3 is 5.97 Å². The summed E-state index contributed by atoms with van der Waals surface area (Å²) < 4.78 is 0. The maximum absolute atomic E-state index is 11.7. The van der Waals surface area contributed by atoms with Gasteiger partial charge in [-0.05, 0) is 18.8 Å². The Hall–Kier alpha value is -1.06. The second-order valence-electron chi connectivity index (χ2n) is 4.24. The molecular formula is C10H17NO3. The van der Waals surface area contributed by atoms with Gasteiger partial charge in [-0.15, -0.1) is 0 Å². The summed E-state index contributed by atoms with van der Waals surface area (Å²) in [7, 11) is 0. The summed E-state index contributed by atoms with van der Waals surface area (Å²) in [4.78, 5) is 22.5. The summed E-state index contributed by atoms with van der Waals surface area (Å²) >= 11 is 0. The molecule has 1 aliphatic heterocycles. The number of carbonyl (C=O) groups is 2. The minimum atomic E-state index is -0.893. The number of rotatable bonds is 3. The molecule has 0 aromatic heterocycles. The van der Waals surface area contributed by atoms with Crippen LogP contribution in [0.15, 0.2) is 0 Å². The monoisotopic (exact) mass is 199 g/mol. The number of carboxylic acids is 1. The minimum Gasteiger partial charge on any atom is -0.481 e. The molecule has 1 heterocycles. The molecule has 0 radical (unpaired) electrons. The van der Waals surface area contributed by atoms with Gasteiger partial charge in [0.2, 0.25) is 5.91 Å². The molecule has 2 N–H and O–H groups in total. The Morgan fingerprint density at radius 1 is 1.64 bits per heavy atom. The van der Waals surface area contributed by atoms with Crippen molar-refractivity contribution in [2.75, 3.05) is 6.54 Å². The van der Waals surface area contributed by atoms with Gasteiger partial charge in [-0.25, -0.2) is 0 Å². The van der Waals surface area contributed by atoms with E-state index in [0.29, 0.717) is 13.0 Å². The molecule has 0 bridgehead atoms. The molecule has 0 saturated carbocycles. The van der Waals surface area contributed by atoms with Crippen LogP contribution in [0.2, 0.25) is 0 Å². The molecule has 1 amide bonds. The number of nitrogens with one attached hydrogen (secondary N) is 1. The summed E-state index contributed by atoms with van der Waals surface area (Å²) in [5.41, 5.74) is -0.690. The molecular weight excluding hydrogens is 182 g/mol. The van der Waals surface area contributed by atoms with E-state index in [-0.39, 0.29) is 18.2 Å². The van der Waals surface area contributed by atoms with Crippen molar-refractivity contribution in [1.29, 1.82) is 0 Å². The van der Waals surface area contributed by atoms with Crippen LogP contribution >= 0.6 is 0 Å². The zero-order chi connectivity index (χ0) is 10.8. The zero-order valence-corrected chi connectivity index (χ0v) is 8.67. The summed E-state index contributed by atoms with van der Waals surface area (Å²) in [5, 5.41) is 11.6. The average Bonchev–Trinajstić information content (AvgIpc) is 2.08. The van der Waals surface area contributed by atoms with Gasteiger partial charge in [0, 0.05) is 6.54 Å². The molecule has 1 unspecified atom stereocenters.